The van der Waals surface area contributed by atoms with E-state index in [0.29, 0.717) is 13.0 Å². The molecule has 116 valence electrons. The van der Waals surface area contributed by atoms with Crippen LogP contribution in [0.15, 0.2) is 16.8 Å². The minimum Gasteiger partial charge on any atom is -0.343 e. The van der Waals surface area contributed by atoms with E-state index in [1.807, 2.05) is 19.2 Å². The van der Waals surface area contributed by atoms with Crippen molar-refractivity contribution in [1.29, 1.82) is 0 Å². The van der Waals surface area contributed by atoms with Crippen molar-refractivity contribution < 1.29 is 9.59 Å². The van der Waals surface area contributed by atoms with E-state index in [4.69, 9.17) is 0 Å². The SMILES string of the molecule is CCC1NC(=O)C(C(C)CC)N(CCc2ccsc2)C1=O. The number of amides is 2. The summed E-state index contributed by atoms with van der Waals surface area (Å²) in [5, 5.41) is 7.02. The van der Waals surface area contributed by atoms with Crippen molar-refractivity contribution in [3.63, 3.8) is 0 Å². The van der Waals surface area contributed by atoms with E-state index in [1.165, 1.54) is 5.56 Å². The third kappa shape index (κ3) is 3.46. The average Bonchev–Trinajstić information content (AvgIpc) is 3.00. The van der Waals surface area contributed by atoms with Gasteiger partial charge in [0.15, 0.2) is 0 Å². The van der Waals surface area contributed by atoms with Gasteiger partial charge >= 0.3 is 0 Å². The number of hydrogen-bond acceptors (Lipinski definition) is 3. The first-order valence-corrected chi connectivity index (χ1v) is 8.64. The second-order valence-corrected chi connectivity index (χ2v) is 6.49. The molecule has 0 aliphatic carbocycles. The second kappa shape index (κ2) is 7.07. The van der Waals surface area contributed by atoms with Gasteiger partial charge in [-0.05, 0) is 41.1 Å². The zero-order valence-corrected chi connectivity index (χ0v) is 13.8. The Bertz CT molecular complexity index is 486. The number of nitrogens with zero attached hydrogens (tertiary/aromatic N) is 1. The Hall–Kier alpha value is -1.36. The molecule has 1 N–H and O–H groups in total. The molecule has 3 atom stereocenters. The fourth-order valence-corrected chi connectivity index (χ4v) is 3.50. The van der Waals surface area contributed by atoms with Gasteiger partial charge in [0.1, 0.15) is 12.1 Å². The van der Waals surface area contributed by atoms with Crippen LogP contribution >= 0.6 is 11.3 Å². The normalized spacial score (nSPS) is 24.0. The Morgan fingerprint density at radius 3 is 2.71 bits per heavy atom. The lowest BCUT2D eigenvalue weighted by molar-refractivity contribution is -0.151. The number of nitrogens with one attached hydrogen (secondary N) is 1. The molecule has 0 bridgehead atoms. The van der Waals surface area contributed by atoms with Gasteiger partial charge in [-0.1, -0.05) is 27.2 Å². The summed E-state index contributed by atoms with van der Waals surface area (Å²) in [6.45, 7) is 6.66. The molecule has 1 saturated heterocycles. The molecule has 5 heteroatoms. The molecule has 0 aromatic carbocycles. The Labute approximate surface area is 130 Å². The molecule has 1 aromatic heterocycles. The maximum absolute atomic E-state index is 12.6. The van der Waals surface area contributed by atoms with Gasteiger partial charge in [0.25, 0.3) is 0 Å². The summed E-state index contributed by atoms with van der Waals surface area (Å²) in [4.78, 5) is 26.8. The van der Waals surface area contributed by atoms with Gasteiger partial charge in [-0.2, -0.15) is 11.3 Å². The summed E-state index contributed by atoms with van der Waals surface area (Å²) in [5.41, 5.74) is 1.23. The van der Waals surface area contributed by atoms with Crippen LogP contribution in [0.25, 0.3) is 0 Å². The van der Waals surface area contributed by atoms with Gasteiger partial charge in [-0.25, -0.2) is 0 Å². The highest BCUT2D eigenvalue weighted by molar-refractivity contribution is 7.07. The molecule has 1 aliphatic rings. The summed E-state index contributed by atoms with van der Waals surface area (Å²) in [6.07, 6.45) is 2.34. The number of rotatable bonds is 6. The largest absolute Gasteiger partial charge is 0.343 e. The Morgan fingerprint density at radius 2 is 2.14 bits per heavy atom. The first-order valence-electron chi connectivity index (χ1n) is 7.70. The molecule has 1 aliphatic heterocycles. The van der Waals surface area contributed by atoms with Crippen LogP contribution in [-0.2, 0) is 16.0 Å². The highest BCUT2D eigenvalue weighted by Gasteiger charge is 2.41. The summed E-state index contributed by atoms with van der Waals surface area (Å²) in [7, 11) is 0. The van der Waals surface area contributed by atoms with Crippen molar-refractivity contribution in [3.05, 3.63) is 22.4 Å². The zero-order chi connectivity index (χ0) is 15.4. The molecule has 2 rings (SSSR count). The van der Waals surface area contributed by atoms with Crippen LogP contribution in [-0.4, -0.2) is 35.3 Å². The average molecular weight is 308 g/mol. The number of hydrogen-bond donors (Lipinski definition) is 1. The standard InChI is InChI=1S/C16H24N2O2S/c1-4-11(3)14-15(19)17-13(5-2)16(20)18(14)8-6-12-7-9-21-10-12/h7,9-11,13-14H,4-6,8H2,1-3H3,(H,17,19). The van der Waals surface area contributed by atoms with Crippen LogP contribution in [0.3, 0.4) is 0 Å². The van der Waals surface area contributed by atoms with E-state index >= 15 is 0 Å². The Kier molecular flexibility index (Phi) is 5.39. The fourth-order valence-electron chi connectivity index (χ4n) is 2.80. The topological polar surface area (TPSA) is 49.4 Å². The molecule has 0 saturated carbocycles. The monoisotopic (exact) mass is 308 g/mol. The van der Waals surface area contributed by atoms with Gasteiger partial charge in [0, 0.05) is 6.54 Å². The quantitative estimate of drug-likeness (QED) is 0.877. The molecule has 2 amide bonds. The summed E-state index contributed by atoms with van der Waals surface area (Å²) in [6, 6.07) is 1.39. The van der Waals surface area contributed by atoms with Crippen LogP contribution in [0, 0.1) is 5.92 Å². The number of carbonyl (C=O) groups excluding carboxylic acids is 2. The van der Waals surface area contributed by atoms with E-state index < -0.39 is 0 Å². The minimum atomic E-state index is -0.361. The van der Waals surface area contributed by atoms with Crippen LogP contribution in [0.2, 0.25) is 0 Å². The molecule has 1 fully saturated rings. The number of carbonyl (C=O) groups is 2. The molecule has 4 nitrogen and oxygen atoms in total. The van der Waals surface area contributed by atoms with Gasteiger partial charge in [0.05, 0.1) is 0 Å². The second-order valence-electron chi connectivity index (χ2n) is 5.71. The first-order chi connectivity index (χ1) is 10.1. The highest BCUT2D eigenvalue weighted by atomic mass is 32.1. The van der Waals surface area contributed by atoms with Crippen molar-refractivity contribution in [2.75, 3.05) is 6.54 Å². The maximum Gasteiger partial charge on any atom is 0.245 e. The van der Waals surface area contributed by atoms with E-state index in [2.05, 4.69) is 23.7 Å². The van der Waals surface area contributed by atoms with Crippen LogP contribution < -0.4 is 5.32 Å². The number of piperazine rings is 1. The summed E-state index contributed by atoms with van der Waals surface area (Å²) < 4.78 is 0. The molecule has 21 heavy (non-hydrogen) atoms. The lowest BCUT2D eigenvalue weighted by atomic mass is 9.92. The predicted octanol–water partition coefficient (Wildman–Crippen LogP) is 2.44. The molecule has 2 heterocycles. The van der Waals surface area contributed by atoms with Gasteiger partial charge in [-0.15, -0.1) is 0 Å². The summed E-state index contributed by atoms with van der Waals surface area (Å²) in [5.74, 6) is 0.243. The van der Waals surface area contributed by atoms with E-state index in [0.717, 1.165) is 12.8 Å². The van der Waals surface area contributed by atoms with Crippen LogP contribution in [0.4, 0.5) is 0 Å². The molecule has 1 aromatic rings. The molecular formula is C16H24N2O2S. The highest BCUT2D eigenvalue weighted by Crippen LogP contribution is 2.22. The van der Waals surface area contributed by atoms with Crippen molar-refractivity contribution in [2.45, 2.75) is 52.1 Å². The van der Waals surface area contributed by atoms with Crippen LogP contribution in [0.5, 0.6) is 0 Å². The van der Waals surface area contributed by atoms with Crippen LogP contribution in [0.1, 0.15) is 39.2 Å². The van der Waals surface area contributed by atoms with Gasteiger partial charge in [-0.3, -0.25) is 9.59 Å². The van der Waals surface area contributed by atoms with Crippen molar-refractivity contribution in [1.82, 2.24) is 10.2 Å². The fraction of sp³-hybridized carbons (Fsp3) is 0.625. The smallest absolute Gasteiger partial charge is 0.245 e. The van der Waals surface area contributed by atoms with E-state index in [1.54, 1.807) is 16.2 Å². The van der Waals surface area contributed by atoms with Gasteiger partial charge in [0.2, 0.25) is 11.8 Å². The van der Waals surface area contributed by atoms with Gasteiger partial charge < -0.3 is 10.2 Å². The Morgan fingerprint density at radius 1 is 1.38 bits per heavy atom. The molecular weight excluding hydrogens is 284 g/mol. The third-order valence-corrected chi connectivity index (χ3v) is 5.05. The minimum absolute atomic E-state index is 0.00104. The first kappa shape index (κ1) is 16.0. The lowest BCUT2D eigenvalue weighted by Crippen LogP contribution is -2.65. The predicted molar refractivity (Wildman–Crippen MR) is 85.2 cm³/mol. The molecule has 3 unspecified atom stereocenters. The molecule has 0 spiro atoms. The van der Waals surface area contributed by atoms with E-state index in [9.17, 15) is 9.59 Å². The lowest BCUT2D eigenvalue weighted by Gasteiger charge is -2.41. The third-order valence-electron chi connectivity index (χ3n) is 4.31. The number of thiophene rings is 1. The Balaban J connectivity index is 2.16. The summed E-state index contributed by atoms with van der Waals surface area (Å²) >= 11 is 1.66. The van der Waals surface area contributed by atoms with Crippen molar-refractivity contribution >= 4 is 23.2 Å². The zero-order valence-electron chi connectivity index (χ0n) is 13.0. The van der Waals surface area contributed by atoms with Crippen molar-refractivity contribution in [3.8, 4) is 0 Å². The maximum atomic E-state index is 12.6. The van der Waals surface area contributed by atoms with Crippen molar-refractivity contribution in [2.24, 2.45) is 5.92 Å². The molecule has 0 radical (unpaired) electrons. The van der Waals surface area contributed by atoms with E-state index in [-0.39, 0.29) is 29.8 Å².